The van der Waals surface area contributed by atoms with Crippen molar-refractivity contribution in [2.45, 2.75) is 39.2 Å². The number of benzene rings is 2. The molecule has 0 unspecified atom stereocenters. The number of amides is 3. The largest absolute Gasteiger partial charge is 0.465 e. The van der Waals surface area contributed by atoms with Gasteiger partial charge in [0.2, 0.25) is 5.91 Å². The number of carbonyl (C=O) groups is 3. The van der Waals surface area contributed by atoms with Crippen molar-refractivity contribution in [3.05, 3.63) is 65.7 Å². The van der Waals surface area contributed by atoms with Crippen molar-refractivity contribution in [3.63, 3.8) is 0 Å². The Balaban J connectivity index is 1.44. The normalized spacial score (nSPS) is 17.4. The molecule has 4 rings (SSSR count). The Bertz CT molecular complexity index is 1230. The molecule has 1 heterocycles. The van der Waals surface area contributed by atoms with Crippen molar-refractivity contribution in [1.29, 1.82) is 0 Å². The van der Waals surface area contributed by atoms with Gasteiger partial charge in [-0.2, -0.15) is 0 Å². The van der Waals surface area contributed by atoms with Crippen LogP contribution in [0.5, 0.6) is 0 Å². The van der Waals surface area contributed by atoms with Crippen molar-refractivity contribution in [2.75, 3.05) is 13.1 Å². The highest BCUT2D eigenvalue weighted by Crippen LogP contribution is 2.29. The summed E-state index contributed by atoms with van der Waals surface area (Å²) in [5.74, 6) is 0.559. The first-order valence-corrected chi connectivity index (χ1v) is 12.4. The number of aromatic nitrogens is 1. The van der Waals surface area contributed by atoms with Gasteiger partial charge in [-0.3, -0.25) is 9.59 Å². The van der Waals surface area contributed by atoms with E-state index >= 15 is 0 Å². The number of carboxylic acid groups (broad SMARTS) is 1. The summed E-state index contributed by atoms with van der Waals surface area (Å²) in [6.07, 6.45) is 2.88. The van der Waals surface area contributed by atoms with Gasteiger partial charge in [-0.15, -0.1) is 0 Å². The number of rotatable bonds is 8. The summed E-state index contributed by atoms with van der Waals surface area (Å²) in [6, 6.07) is 17.3. The van der Waals surface area contributed by atoms with E-state index in [1.807, 2.05) is 54.6 Å². The lowest BCUT2D eigenvalue weighted by Crippen LogP contribution is -2.34. The van der Waals surface area contributed by atoms with Crippen LogP contribution in [0.25, 0.3) is 22.2 Å². The molecule has 0 atom stereocenters. The second-order valence-electron chi connectivity index (χ2n) is 9.46. The molecular formula is C28H32N4O4. The lowest BCUT2D eigenvalue weighted by atomic mass is 9.82. The number of pyridine rings is 1. The van der Waals surface area contributed by atoms with Crippen LogP contribution in [0.3, 0.4) is 0 Å². The number of carbonyl (C=O) groups excluding carboxylic acids is 2. The molecule has 0 saturated heterocycles. The van der Waals surface area contributed by atoms with E-state index < -0.39 is 6.09 Å². The molecule has 3 aromatic rings. The van der Waals surface area contributed by atoms with Gasteiger partial charge in [-0.05, 0) is 55.2 Å². The van der Waals surface area contributed by atoms with Gasteiger partial charge >= 0.3 is 6.09 Å². The van der Waals surface area contributed by atoms with Crippen molar-refractivity contribution in [2.24, 2.45) is 11.8 Å². The first-order chi connectivity index (χ1) is 17.4. The topological polar surface area (TPSA) is 120 Å². The fraction of sp³-hybridized carbons (Fsp3) is 0.357. The molecule has 0 radical (unpaired) electrons. The maximum Gasteiger partial charge on any atom is 0.404 e. The van der Waals surface area contributed by atoms with Gasteiger partial charge in [-0.25, -0.2) is 9.78 Å². The smallest absolute Gasteiger partial charge is 0.404 e. The zero-order chi connectivity index (χ0) is 25.5. The highest BCUT2D eigenvalue weighted by Gasteiger charge is 2.22. The minimum Gasteiger partial charge on any atom is -0.465 e. The third-order valence-electron chi connectivity index (χ3n) is 6.81. The molecule has 1 aromatic heterocycles. The van der Waals surface area contributed by atoms with Crippen molar-refractivity contribution in [3.8, 4) is 11.3 Å². The summed E-state index contributed by atoms with van der Waals surface area (Å²) in [7, 11) is 0. The lowest BCUT2D eigenvalue weighted by molar-refractivity contribution is -0.119. The van der Waals surface area contributed by atoms with Crippen molar-refractivity contribution < 1.29 is 19.5 Å². The van der Waals surface area contributed by atoms with Gasteiger partial charge in [0.15, 0.2) is 0 Å². The lowest BCUT2D eigenvalue weighted by Gasteiger charge is -2.28. The molecule has 2 aromatic carbocycles. The predicted octanol–water partition coefficient (Wildman–Crippen LogP) is 4.34. The van der Waals surface area contributed by atoms with Crippen LogP contribution in [0, 0.1) is 11.8 Å². The van der Waals surface area contributed by atoms with Gasteiger partial charge < -0.3 is 21.1 Å². The minimum absolute atomic E-state index is 0.0748. The number of nitrogens with one attached hydrogen (secondary N) is 3. The summed E-state index contributed by atoms with van der Waals surface area (Å²) in [6.45, 7) is 3.05. The van der Waals surface area contributed by atoms with E-state index in [1.165, 1.54) is 6.92 Å². The SMILES string of the molecule is CC(=O)NCc1ccc(-c2cc(C(=O)NC[C@H]3CC[C@H](CNC(=O)O)CC3)c3ccccc3n2)cc1. The first-order valence-electron chi connectivity index (χ1n) is 12.4. The second kappa shape index (κ2) is 11.7. The third kappa shape index (κ3) is 6.59. The van der Waals surface area contributed by atoms with Crippen molar-refractivity contribution >= 4 is 28.8 Å². The number of hydrogen-bond donors (Lipinski definition) is 4. The monoisotopic (exact) mass is 488 g/mol. The van der Waals surface area contributed by atoms with Crippen LogP contribution in [0.15, 0.2) is 54.6 Å². The molecule has 8 heteroatoms. The summed E-state index contributed by atoms with van der Waals surface area (Å²) < 4.78 is 0. The van der Waals surface area contributed by atoms with E-state index in [4.69, 9.17) is 10.1 Å². The van der Waals surface area contributed by atoms with E-state index in [9.17, 15) is 14.4 Å². The van der Waals surface area contributed by atoms with E-state index in [-0.39, 0.29) is 11.8 Å². The molecule has 1 fully saturated rings. The molecular weight excluding hydrogens is 456 g/mol. The molecule has 4 N–H and O–H groups in total. The van der Waals surface area contributed by atoms with E-state index in [0.29, 0.717) is 37.0 Å². The van der Waals surface area contributed by atoms with Crippen LogP contribution in [-0.4, -0.2) is 41.1 Å². The highest BCUT2D eigenvalue weighted by molar-refractivity contribution is 6.07. The number of nitrogens with zero attached hydrogens (tertiary/aromatic N) is 1. The zero-order valence-corrected chi connectivity index (χ0v) is 20.4. The van der Waals surface area contributed by atoms with E-state index in [0.717, 1.165) is 53.4 Å². The maximum absolute atomic E-state index is 13.3. The Morgan fingerprint density at radius 1 is 0.889 bits per heavy atom. The maximum atomic E-state index is 13.3. The predicted molar refractivity (Wildman–Crippen MR) is 139 cm³/mol. The van der Waals surface area contributed by atoms with Gasteiger partial charge in [0, 0.05) is 37.5 Å². The molecule has 1 aliphatic carbocycles. The van der Waals surface area contributed by atoms with E-state index in [1.54, 1.807) is 0 Å². The molecule has 36 heavy (non-hydrogen) atoms. The summed E-state index contributed by atoms with van der Waals surface area (Å²) in [5.41, 5.74) is 3.96. The number of hydrogen-bond acceptors (Lipinski definition) is 4. The minimum atomic E-state index is -0.978. The second-order valence-corrected chi connectivity index (χ2v) is 9.46. The van der Waals surface area contributed by atoms with Crippen LogP contribution in [0.1, 0.15) is 48.5 Å². The number of para-hydroxylation sites is 1. The van der Waals surface area contributed by atoms with Gasteiger partial charge in [0.25, 0.3) is 5.91 Å². The fourth-order valence-corrected chi connectivity index (χ4v) is 4.73. The van der Waals surface area contributed by atoms with Crippen LogP contribution < -0.4 is 16.0 Å². The van der Waals surface area contributed by atoms with E-state index in [2.05, 4.69) is 16.0 Å². The van der Waals surface area contributed by atoms with Crippen LogP contribution >= 0.6 is 0 Å². The average Bonchev–Trinajstić information content (AvgIpc) is 2.89. The first kappa shape index (κ1) is 25.2. The number of fused-ring (bicyclic) bond motifs is 1. The Hall–Kier alpha value is -3.94. The quantitative estimate of drug-likeness (QED) is 0.376. The molecule has 0 aliphatic heterocycles. The Morgan fingerprint density at radius 3 is 2.17 bits per heavy atom. The fourth-order valence-electron chi connectivity index (χ4n) is 4.73. The molecule has 8 nitrogen and oxygen atoms in total. The molecule has 1 aliphatic rings. The summed E-state index contributed by atoms with van der Waals surface area (Å²) in [4.78, 5) is 39.9. The molecule has 1 saturated carbocycles. The highest BCUT2D eigenvalue weighted by atomic mass is 16.4. The molecule has 0 bridgehead atoms. The third-order valence-corrected chi connectivity index (χ3v) is 6.81. The Morgan fingerprint density at radius 2 is 1.53 bits per heavy atom. The van der Waals surface area contributed by atoms with Gasteiger partial charge in [-0.1, -0.05) is 42.5 Å². The summed E-state index contributed by atoms with van der Waals surface area (Å²) in [5, 5.41) is 18.0. The van der Waals surface area contributed by atoms with Crippen LogP contribution in [0.2, 0.25) is 0 Å². The molecule has 0 spiro atoms. The molecule has 188 valence electrons. The zero-order valence-electron chi connectivity index (χ0n) is 20.4. The van der Waals surface area contributed by atoms with Gasteiger partial charge in [0.1, 0.15) is 0 Å². The summed E-state index contributed by atoms with van der Waals surface area (Å²) >= 11 is 0. The Labute approximate surface area is 210 Å². The van der Waals surface area contributed by atoms with Crippen LogP contribution in [-0.2, 0) is 11.3 Å². The Kier molecular flexibility index (Phi) is 8.15. The van der Waals surface area contributed by atoms with Crippen molar-refractivity contribution in [1.82, 2.24) is 20.9 Å². The molecule has 3 amide bonds. The van der Waals surface area contributed by atoms with Crippen LogP contribution in [0.4, 0.5) is 4.79 Å². The van der Waals surface area contributed by atoms with Gasteiger partial charge in [0.05, 0.1) is 16.8 Å². The standard InChI is InChI=1S/C28H32N4O4/c1-18(33)29-15-21-10-12-22(13-11-21)26-14-24(23-4-2-3-5-25(23)32-26)27(34)30-16-19-6-8-20(9-7-19)17-31-28(35)36/h2-5,10-14,19-20,31H,6-9,15-17H2,1H3,(H,29,33)(H,30,34)(H,35,36)/t19-,20-. The average molecular weight is 489 g/mol.